The van der Waals surface area contributed by atoms with Crippen LogP contribution in [0, 0.1) is 0 Å². The first-order valence-electron chi connectivity index (χ1n) is 2.96. The Hall–Kier alpha value is -1.04. The Kier molecular flexibility index (Phi) is 3.82. The predicted molar refractivity (Wildman–Crippen MR) is 32.9 cm³/mol. The summed E-state index contributed by atoms with van der Waals surface area (Å²) in [4.78, 5) is 2.23. The van der Waals surface area contributed by atoms with Crippen LogP contribution in [0.2, 0.25) is 0 Å². The van der Waals surface area contributed by atoms with Crippen molar-refractivity contribution in [3.63, 3.8) is 0 Å². The normalized spacial score (nSPS) is 13.5. The molecule has 0 aliphatic rings. The molecule has 0 atom stereocenters. The first-order chi connectivity index (χ1) is 6.89. The molecule has 0 aliphatic carbocycles. The van der Waals surface area contributed by atoms with E-state index in [4.69, 9.17) is 5.26 Å². The van der Waals surface area contributed by atoms with E-state index in [2.05, 4.69) is 4.89 Å². The van der Waals surface area contributed by atoms with E-state index in [1.54, 1.807) is 0 Å². The second kappa shape index (κ2) is 4.08. The molecule has 0 aliphatic heterocycles. The van der Waals surface area contributed by atoms with Crippen molar-refractivity contribution >= 4 is 10.2 Å². The fourth-order valence-corrected chi connectivity index (χ4v) is 0.895. The van der Waals surface area contributed by atoms with Gasteiger partial charge in [-0.25, -0.2) is 5.26 Å². The Bertz CT molecular complexity index is 395. The lowest BCUT2D eigenvalue weighted by molar-refractivity contribution is -0.264. The molecule has 0 bridgehead atoms. The van der Waals surface area contributed by atoms with Gasteiger partial charge in [-0.15, -0.1) is 0 Å². The largest absolute Gasteiger partial charge is 0.444 e. The van der Waals surface area contributed by atoms with E-state index in [9.17, 15) is 38.6 Å². The van der Waals surface area contributed by atoms with Crippen LogP contribution in [-0.2, 0) is 15.1 Å². The van der Waals surface area contributed by atoms with Gasteiger partial charge in [0, 0.05) is 0 Å². The topological polar surface area (TPSA) is 63.6 Å². The smallest absolute Gasteiger partial charge is 0.332 e. The summed E-state index contributed by atoms with van der Waals surface area (Å²) >= 11 is 0. The zero-order chi connectivity index (χ0) is 13.4. The van der Waals surface area contributed by atoms with Crippen LogP contribution in [-0.4, -0.2) is 24.9 Å². The maximum Gasteiger partial charge on any atom is 0.444 e. The molecule has 0 fully saturated rings. The Labute approximate surface area is 83.1 Å². The van der Waals surface area contributed by atoms with E-state index < -0.39 is 33.2 Å². The van der Waals surface area contributed by atoms with Crippen LogP contribution in [0.25, 0.3) is 0 Å². The molecule has 0 saturated carbocycles. The van der Waals surface area contributed by atoms with Crippen LogP contribution in [0.3, 0.4) is 0 Å². The quantitative estimate of drug-likeness (QED) is 0.281. The van der Waals surface area contributed by atoms with Gasteiger partial charge in [-0.1, -0.05) is 3.89 Å². The standard InChI is InChI=1S/C4HF7O4S/c5-2(6)1(15-12)3(7,8)4(9,10)16(11,13)14/h12H. The van der Waals surface area contributed by atoms with Crippen LogP contribution >= 0.6 is 0 Å². The van der Waals surface area contributed by atoms with E-state index in [0.717, 1.165) is 0 Å². The molecule has 0 aromatic rings. The average Bonchev–Trinajstić information content (AvgIpc) is 2.01. The summed E-state index contributed by atoms with van der Waals surface area (Å²) in [5.74, 6) is -9.63. The van der Waals surface area contributed by atoms with E-state index in [-0.39, 0.29) is 0 Å². The number of hydrogen-bond donors (Lipinski definition) is 1. The lowest BCUT2D eigenvalue weighted by Crippen LogP contribution is -2.47. The van der Waals surface area contributed by atoms with Crippen LogP contribution in [0.15, 0.2) is 11.8 Å². The molecule has 0 aromatic carbocycles. The zero-order valence-electron chi connectivity index (χ0n) is 6.73. The lowest BCUT2D eigenvalue weighted by atomic mass is 10.3. The highest BCUT2D eigenvalue weighted by Crippen LogP contribution is 2.45. The van der Waals surface area contributed by atoms with Crippen molar-refractivity contribution in [1.82, 2.24) is 0 Å². The number of rotatable bonds is 4. The minimum absolute atomic E-state index is 2.23. The van der Waals surface area contributed by atoms with Gasteiger partial charge < -0.3 is 4.89 Å². The van der Waals surface area contributed by atoms with Crippen molar-refractivity contribution in [2.75, 3.05) is 0 Å². The molecule has 0 radical (unpaired) electrons. The Morgan fingerprint density at radius 3 is 1.69 bits per heavy atom. The van der Waals surface area contributed by atoms with Crippen molar-refractivity contribution in [1.29, 1.82) is 0 Å². The number of hydrogen-bond acceptors (Lipinski definition) is 4. The lowest BCUT2D eigenvalue weighted by Gasteiger charge is -2.22. The van der Waals surface area contributed by atoms with E-state index in [0.29, 0.717) is 0 Å². The SMILES string of the molecule is O=S(=O)(F)C(F)(F)C(F)(F)C(OO)=C(F)F. The minimum atomic E-state index is -7.19. The van der Waals surface area contributed by atoms with Gasteiger partial charge in [-0.2, -0.15) is 34.8 Å². The van der Waals surface area contributed by atoms with Gasteiger partial charge in [-0.05, 0) is 0 Å². The maximum absolute atomic E-state index is 12.4. The van der Waals surface area contributed by atoms with Crippen molar-refractivity contribution in [2.45, 2.75) is 11.2 Å². The monoisotopic (exact) mass is 278 g/mol. The van der Waals surface area contributed by atoms with Crippen molar-refractivity contribution in [3.05, 3.63) is 11.8 Å². The molecule has 0 saturated heterocycles. The molecule has 0 rings (SSSR count). The molecular weight excluding hydrogens is 277 g/mol. The van der Waals surface area contributed by atoms with E-state index >= 15 is 0 Å². The summed E-state index contributed by atoms with van der Waals surface area (Å²) < 4.78 is 104. The zero-order valence-corrected chi connectivity index (χ0v) is 7.54. The summed E-state index contributed by atoms with van der Waals surface area (Å²) in [6.07, 6.45) is -3.64. The number of allylic oxidation sites excluding steroid dienone is 1. The third-order valence-electron chi connectivity index (χ3n) is 1.22. The van der Waals surface area contributed by atoms with Crippen LogP contribution in [0.5, 0.6) is 0 Å². The first kappa shape index (κ1) is 15.0. The van der Waals surface area contributed by atoms with Gasteiger partial charge in [0.15, 0.2) is 0 Å². The number of alkyl halides is 4. The molecule has 0 spiro atoms. The van der Waals surface area contributed by atoms with Gasteiger partial charge in [-0.3, -0.25) is 0 Å². The van der Waals surface area contributed by atoms with Gasteiger partial charge in [0.25, 0.3) is 5.76 Å². The third kappa shape index (κ3) is 2.21. The summed E-state index contributed by atoms with van der Waals surface area (Å²) in [7, 11) is -7.19. The molecule has 0 amide bonds. The summed E-state index contributed by atoms with van der Waals surface area (Å²) in [6, 6.07) is 0. The molecule has 0 unspecified atom stereocenters. The first-order valence-corrected chi connectivity index (χ1v) is 4.35. The van der Waals surface area contributed by atoms with Gasteiger partial charge in [0.2, 0.25) is 0 Å². The summed E-state index contributed by atoms with van der Waals surface area (Å²) in [5.41, 5.74) is 0. The molecule has 4 nitrogen and oxygen atoms in total. The van der Waals surface area contributed by atoms with Crippen molar-refractivity contribution in [3.8, 4) is 0 Å². The highest BCUT2D eigenvalue weighted by Gasteiger charge is 2.71. The van der Waals surface area contributed by atoms with E-state index in [1.165, 1.54) is 0 Å². The van der Waals surface area contributed by atoms with Gasteiger partial charge in [0.05, 0.1) is 0 Å². The Morgan fingerprint density at radius 2 is 1.50 bits per heavy atom. The number of halogens is 7. The molecular formula is C4HF7O4S. The molecule has 0 aromatic heterocycles. The maximum atomic E-state index is 12.4. The van der Waals surface area contributed by atoms with E-state index in [1.807, 2.05) is 0 Å². The third-order valence-corrected chi connectivity index (χ3v) is 2.09. The summed E-state index contributed by atoms with van der Waals surface area (Å²) in [5, 5.41) is 0.980. The predicted octanol–water partition coefficient (Wildman–Crippen LogP) is 2.11. The van der Waals surface area contributed by atoms with Crippen LogP contribution in [0.4, 0.5) is 30.2 Å². The van der Waals surface area contributed by atoms with Crippen LogP contribution < -0.4 is 0 Å². The highest BCUT2D eigenvalue weighted by atomic mass is 32.3. The average molecular weight is 278 g/mol. The highest BCUT2D eigenvalue weighted by molar-refractivity contribution is 7.87. The van der Waals surface area contributed by atoms with Crippen LogP contribution in [0.1, 0.15) is 0 Å². The summed E-state index contributed by atoms with van der Waals surface area (Å²) in [6.45, 7) is 0. The van der Waals surface area contributed by atoms with Gasteiger partial charge in [0.1, 0.15) is 0 Å². The molecule has 1 N–H and O–H groups in total. The van der Waals surface area contributed by atoms with Crippen molar-refractivity contribution in [2.24, 2.45) is 0 Å². The Balaban J connectivity index is 5.81. The second-order valence-electron chi connectivity index (χ2n) is 2.21. The molecule has 0 heterocycles. The molecule has 16 heavy (non-hydrogen) atoms. The Morgan fingerprint density at radius 1 is 1.12 bits per heavy atom. The van der Waals surface area contributed by atoms with Gasteiger partial charge >= 0.3 is 27.5 Å². The molecule has 96 valence electrons. The minimum Gasteiger partial charge on any atom is -0.332 e. The fourth-order valence-electron chi connectivity index (χ4n) is 0.496. The fraction of sp³-hybridized carbons (Fsp3) is 0.500. The molecule has 12 heteroatoms. The van der Waals surface area contributed by atoms with Crippen molar-refractivity contribution < 1.29 is 48.8 Å². The second-order valence-corrected chi connectivity index (χ2v) is 3.60.